The minimum absolute atomic E-state index is 0.00695. The smallest absolute Gasteiger partial charge is 0.252 e. The average molecular weight is 512 g/mol. The maximum absolute atomic E-state index is 13.0. The molecule has 0 spiro atoms. The molecule has 1 fully saturated rings. The monoisotopic (exact) mass is 511 g/mol. The summed E-state index contributed by atoms with van der Waals surface area (Å²) in [5, 5.41) is 25.3. The van der Waals surface area contributed by atoms with Gasteiger partial charge in [-0.05, 0) is 56.1 Å². The number of likely N-dealkylation sites (N-methyl/N-ethyl adjacent to an activating group) is 1. The predicted octanol–water partition coefficient (Wildman–Crippen LogP) is 2.78. The summed E-state index contributed by atoms with van der Waals surface area (Å²) >= 11 is 0. The number of amides is 2. The number of carbonyl (C=O) groups is 2. The minimum atomic E-state index is -1.07. The van der Waals surface area contributed by atoms with Gasteiger partial charge in [0.15, 0.2) is 0 Å². The fraction of sp³-hybridized carbons (Fsp3) is 0.552. The summed E-state index contributed by atoms with van der Waals surface area (Å²) < 4.78 is 1.23. The SMILES string of the molecule is C[C@@H]1CC[C@@H](CNC(=O)c2ccc(=O)n(CC(=O)N(C)C)c2)[C@](C)(O)C[C@H](c2ccccc2)C[C@@H](O)C1. The molecule has 1 heterocycles. The van der Waals surface area contributed by atoms with Gasteiger partial charge in [-0.2, -0.15) is 0 Å². The van der Waals surface area contributed by atoms with E-state index in [1.165, 1.54) is 27.8 Å². The molecule has 2 aromatic rings. The maximum atomic E-state index is 13.0. The first kappa shape index (κ1) is 28.6. The molecule has 1 saturated carbocycles. The number of aliphatic hydroxyl groups is 2. The Morgan fingerprint density at radius 1 is 1.11 bits per heavy atom. The quantitative estimate of drug-likeness (QED) is 0.552. The number of benzene rings is 1. The summed E-state index contributed by atoms with van der Waals surface area (Å²) in [5.74, 6) is -0.517. The fourth-order valence-corrected chi connectivity index (χ4v) is 5.25. The maximum Gasteiger partial charge on any atom is 0.252 e. The highest BCUT2D eigenvalue weighted by molar-refractivity contribution is 5.93. The van der Waals surface area contributed by atoms with Crippen LogP contribution >= 0.6 is 0 Å². The molecule has 0 unspecified atom stereocenters. The third-order valence-corrected chi connectivity index (χ3v) is 7.61. The van der Waals surface area contributed by atoms with Crippen LogP contribution in [0.25, 0.3) is 0 Å². The van der Waals surface area contributed by atoms with Gasteiger partial charge >= 0.3 is 0 Å². The lowest BCUT2D eigenvalue weighted by atomic mass is 9.73. The van der Waals surface area contributed by atoms with Crippen molar-refractivity contribution in [3.8, 4) is 0 Å². The van der Waals surface area contributed by atoms with Gasteiger partial charge in [-0.1, -0.05) is 43.7 Å². The molecule has 1 aliphatic rings. The van der Waals surface area contributed by atoms with Gasteiger partial charge in [0.1, 0.15) is 6.54 Å². The van der Waals surface area contributed by atoms with Gasteiger partial charge in [-0.15, -0.1) is 0 Å². The van der Waals surface area contributed by atoms with Crippen LogP contribution in [0, 0.1) is 11.8 Å². The normalized spacial score (nSPS) is 26.8. The summed E-state index contributed by atoms with van der Waals surface area (Å²) in [4.78, 5) is 38.7. The zero-order chi connectivity index (χ0) is 27.2. The van der Waals surface area contributed by atoms with Gasteiger partial charge in [0.05, 0.1) is 17.3 Å². The number of hydrogen-bond donors (Lipinski definition) is 3. The zero-order valence-electron chi connectivity index (χ0n) is 22.4. The Bertz CT molecular complexity index is 1110. The fourth-order valence-electron chi connectivity index (χ4n) is 5.25. The largest absolute Gasteiger partial charge is 0.393 e. The van der Waals surface area contributed by atoms with E-state index in [1.807, 2.05) is 37.3 Å². The lowest BCUT2D eigenvalue weighted by Gasteiger charge is -2.38. The third kappa shape index (κ3) is 8.01. The van der Waals surface area contributed by atoms with E-state index in [2.05, 4.69) is 12.2 Å². The van der Waals surface area contributed by atoms with E-state index < -0.39 is 11.7 Å². The van der Waals surface area contributed by atoms with Crippen molar-refractivity contribution in [2.24, 2.45) is 11.8 Å². The second-order valence-corrected chi connectivity index (χ2v) is 11.1. The number of hydrogen-bond acceptors (Lipinski definition) is 5. The van der Waals surface area contributed by atoms with E-state index in [0.717, 1.165) is 12.0 Å². The van der Waals surface area contributed by atoms with Gasteiger partial charge in [-0.3, -0.25) is 14.4 Å². The van der Waals surface area contributed by atoms with Crippen molar-refractivity contribution < 1.29 is 19.8 Å². The van der Waals surface area contributed by atoms with Gasteiger partial charge in [-0.25, -0.2) is 0 Å². The molecule has 0 aliphatic heterocycles. The van der Waals surface area contributed by atoms with Crippen LogP contribution in [-0.2, 0) is 11.3 Å². The van der Waals surface area contributed by atoms with Crippen LogP contribution in [0.1, 0.15) is 67.8 Å². The summed E-state index contributed by atoms with van der Waals surface area (Å²) in [6.45, 7) is 4.07. The van der Waals surface area contributed by atoms with Crippen LogP contribution in [0.5, 0.6) is 0 Å². The Hall–Kier alpha value is -2.97. The van der Waals surface area contributed by atoms with Gasteiger partial charge in [0.2, 0.25) is 5.91 Å². The number of nitrogens with one attached hydrogen (secondary N) is 1. The molecular weight excluding hydrogens is 470 g/mol. The van der Waals surface area contributed by atoms with E-state index in [0.29, 0.717) is 25.7 Å². The number of nitrogens with zero attached hydrogens (tertiary/aromatic N) is 2. The van der Waals surface area contributed by atoms with Crippen molar-refractivity contribution in [2.75, 3.05) is 20.6 Å². The van der Waals surface area contributed by atoms with E-state index in [-0.39, 0.29) is 53.8 Å². The molecule has 1 aromatic heterocycles. The summed E-state index contributed by atoms with van der Waals surface area (Å²) in [6, 6.07) is 12.7. The van der Waals surface area contributed by atoms with Crippen molar-refractivity contribution in [3.05, 3.63) is 70.1 Å². The van der Waals surface area contributed by atoms with Crippen molar-refractivity contribution >= 4 is 11.8 Å². The Labute approximate surface area is 219 Å². The van der Waals surface area contributed by atoms with E-state index in [1.54, 1.807) is 14.1 Å². The molecule has 8 nitrogen and oxygen atoms in total. The van der Waals surface area contributed by atoms with Crippen LogP contribution in [0.3, 0.4) is 0 Å². The Balaban J connectivity index is 1.76. The average Bonchev–Trinajstić information content (AvgIpc) is 2.84. The molecule has 1 aliphatic carbocycles. The first-order chi connectivity index (χ1) is 17.5. The molecule has 202 valence electrons. The van der Waals surface area contributed by atoms with Crippen molar-refractivity contribution in [1.29, 1.82) is 0 Å². The zero-order valence-corrected chi connectivity index (χ0v) is 22.4. The molecule has 1 aromatic carbocycles. The number of aliphatic hydroxyl groups excluding tert-OH is 1. The van der Waals surface area contributed by atoms with Crippen LogP contribution in [0.2, 0.25) is 0 Å². The number of aromatic nitrogens is 1. The lowest BCUT2D eigenvalue weighted by molar-refractivity contribution is -0.129. The van der Waals surface area contributed by atoms with Crippen LogP contribution < -0.4 is 10.9 Å². The molecule has 2 amide bonds. The van der Waals surface area contributed by atoms with Crippen molar-refractivity contribution in [3.63, 3.8) is 0 Å². The Kier molecular flexibility index (Phi) is 9.68. The highest BCUT2D eigenvalue weighted by Crippen LogP contribution is 2.38. The second-order valence-electron chi connectivity index (χ2n) is 11.1. The van der Waals surface area contributed by atoms with Gasteiger partial charge in [0, 0.05) is 38.8 Å². The Morgan fingerprint density at radius 3 is 2.49 bits per heavy atom. The van der Waals surface area contributed by atoms with Crippen molar-refractivity contribution in [2.45, 2.75) is 70.1 Å². The first-order valence-corrected chi connectivity index (χ1v) is 13.1. The molecule has 3 rings (SSSR count). The molecule has 3 N–H and O–H groups in total. The van der Waals surface area contributed by atoms with Crippen molar-refractivity contribution in [1.82, 2.24) is 14.8 Å². The minimum Gasteiger partial charge on any atom is -0.393 e. The van der Waals surface area contributed by atoms with E-state index >= 15 is 0 Å². The molecule has 0 radical (unpaired) electrons. The second kappa shape index (κ2) is 12.5. The summed E-state index contributed by atoms with van der Waals surface area (Å²) in [6.07, 6.45) is 4.28. The van der Waals surface area contributed by atoms with Crippen LogP contribution in [0.15, 0.2) is 53.5 Å². The topological polar surface area (TPSA) is 112 Å². The molecular formula is C29H41N3O5. The number of carbonyl (C=O) groups excluding carboxylic acids is 2. The molecule has 0 saturated heterocycles. The molecule has 8 heteroatoms. The van der Waals surface area contributed by atoms with E-state index in [9.17, 15) is 24.6 Å². The first-order valence-electron chi connectivity index (χ1n) is 13.1. The van der Waals surface area contributed by atoms with Crippen LogP contribution in [-0.4, -0.2) is 63.8 Å². The number of pyridine rings is 1. The summed E-state index contributed by atoms with van der Waals surface area (Å²) in [7, 11) is 3.22. The molecule has 37 heavy (non-hydrogen) atoms. The number of rotatable bonds is 6. The standard InChI is InChI=1S/C29H41N3O5/c1-20-10-12-24(29(2,37)16-23(15-25(33)14-20)21-8-6-5-7-9-21)17-30-28(36)22-11-13-26(34)32(18-22)19-27(35)31(3)4/h5-9,11,13,18,20,23-25,33,37H,10,12,14-17,19H2,1-4H3,(H,30,36)/t20-,23-,24+,25+,29-/m1/s1. The van der Waals surface area contributed by atoms with Gasteiger partial charge < -0.3 is 25.0 Å². The van der Waals surface area contributed by atoms with Crippen LogP contribution in [0.4, 0.5) is 0 Å². The summed E-state index contributed by atoms with van der Waals surface area (Å²) in [5.41, 5.74) is -0.0524. The molecule has 5 atom stereocenters. The predicted molar refractivity (Wildman–Crippen MR) is 143 cm³/mol. The third-order valence-electron chi connectivity index (χ3n) is 7.61. The lowest BCUT2D eigenvalue weighted by Crippen LogP contribution is -2.44. The molecule has 0 bridgehead atoms. The Morgan fingerprint density at radius 2 is 1.81 bits per heavy atom. The van der Waals surface area contributed by atoms with E-state index in [4.69, 9.17) is 0 Å². The highest BCUT2D eigenvalue weighted by atomic mass is 16.3. The highest BCUT2D eigenvalue weighted by Gasteiger charge is 2.37. The van der Waals surface area contributed by atoms with Gasteiger partial charge in [0.25, 0.3) is 11.5 Å².